The highest BCUT2D eigenvalue weighted by Gasteiger charge is 2.11. The number of aromatic amines is 1. The third-order valence-electron chi connectivity index (χ3n) is 3.30. The molecular weight excluding hydrogens is 184 g/mol. The second-order valence-electron chi connectivity index (χ2n) is 4.31. The number of aromatic nitrogens is 1. The minimum absolute atomic E-state index is 0.417. The number of hydrogen-bond acceptors (Lipinski definition) is 1. The van der Waals surface area contributed by atoms with Crippen LogP contribution in [0.5, 0.6) is 0 Å². The molecule has 1 aromatic heterocycles. The molecule has 0 aliphatic carbocycles. The smallest absolute Gasteiger partial charge is 0.0489 e. The first-order chi connectivity index (χ1) is 7.15. The number of nitrogens with one attached hydrogen (secondary N) is 1. The van der Waals surface area contributed by atoms with Crippen LogP contribution in [0.2, 0.25) is 0 Å². The molecule has 3 N–H and O–H groups in total. The van der Waals surface area contributed by atoms with Gasteiger partial charge < -0.3 is 10.7 Å². The summed E-state index contributed by atoms with van der Waals surface area (Å²) in [4.78, 5) is 3.36. The van der Waals surface area contributed by atoms with Crippen LogP contribution in [0.25, 0.3) is 10.9 Å². The van der Waals surface area contributed by atoms with Crippen LogP contribution in [-0.2, 0) is 0 Å². The lowest BCUT2D eigenvalue weighted by Crippen LogP contribution is -2.08. The lowest BCUT2D eigenvalue weighted by Gasteiger charge is -2.07. The van der Waals surface area contributed by atoms with Crippen LogP contribution in [-0.4, -0.2) is 11.5 Å². The van der Waals surface area contributed by atoms with Crippen molar-refractivity contribution in [3.05, 3.63) is 35.0 Å². The highest BCUT2D eigenvalue weighted by Crippen LogP contribution is 2.28. The van der Waals surface area contributed by atoms with Gasteiger partial charge in [-0.3, -0.25) is 0 Å². The fourth-order valence-corrected chi connectivity index (χ4v) is 2.00. The van der Waals surface area contributed by atoms with Crippen LogP contribution >= 0.6 is 0 Å². The maximum atomic E-state index is 5.71. The predicted octanol–water partition coefficient (Wildman–Crippen LogP) is 2.85. The molecule has 15 heavy (non-hydrogen) atoms. The van der Waals surface area contributed by atoms with Gasteiger partial charge in [0.05, 0.1) is 0 Å². The average Bonchev–Trinajstić information content (AvgIpc) is 2.66. The average molecular weight is 202 g/mol. The first-order valence-electron chi connectivity index (χ1n) is 5.42. The predicted molar refractivity (Wildman–Crippen MR) is 65.2 cm³/mol. The lowest BCUT2D eigenvalue weighted by molar-refractivity contribution is 0.780. The Labute approximate surface area is 90.5 Å². The van der Waals surface area contributed by atoms with E-state index in [-0.39, 0.29) is 0 Å². The van der Waals surface area contributed by atoms with Crippen LogP contribution in [0.3, 0.4) is 0 Å². The Morgan fingerprint density at radius 2 is 2.07 bits per heavy atom. The Morgan fingerprint density at radius 3 is 2.73 bits per heavy atom. The third-order valence-corrected chi connectivity index (χ3v) is 3.30. The summed E-state index contributed by atoms with van der Waals surface area (Å²) < 4.78 is 0. The molecule has 0 aliphatic heterocycles. The summed E-state index contributed by atoms with van der Waals surface area (Å²) >= 11 is 0. The lowest BCUT2D eigenvalue weighted by atomic mass is 9.98. The normalized spacial score (nSPS) is 13.3. The molecule has 0 saturated carbocycles. The van der Waals surface area contributed by atoms with Crippen molar-refractivity contribution in [2.75, 3.05) is 6.54 Å². The molecule has 0 bridgehead atoms. The Balaban J connectivity index is 2.67. The number of nitrogens with two attached hydrogens (primary N) is 1. The summed E-state index contributed by atoms with van der Waals surface area (Å²) in [6.45, 7) is 7.16. The minimum atomic E-state index is 0.417. The fraction of sp³-hybridized carbons (Fsp3) is 0.385. The molecule has 1 aromatic carbocycles. The first-order valence-corrected chi connectivity index (χ1v) is 5.42. The number of hydrogen-bond donors (Lipinski definition) is 2. The van der Waals surface area contributed by atoms with E-state index in [1.54, 1.807) is 0 Å². The highest BCUT2D eigenvalue weighted by atomic mass is 14.7. The van der Waals surface area contributed by atoms with Crippen LogP contribution < -0.4 is 5.73 Å². The van der Waals surface area contributed by atoms with Gasteiger partial charge in [-0.05, 0) is 43.0 Å². The first kappa shape index (κ1) is 10.2. The molecule has 2 heteroatoms. The van der Waals surface area contributed by atoms with Crippen molar-refractivity contribution in [1.82, 2.24) is 4.98 Å². The van der Waals surface area contributed by atoms with E-state index in [9.17, 15) is 0 Å². The monoisotopic (exact) mass is 202 g/mol. The van der Waals surface area contributed by atoms with Gasteiger partial charge in [-0.1, -0.05) is 19.1 Å². The van der Waals surface area contributed by atoms with Gasteiger partial charge in [0.15, 0.2) is 0 Å². The third kappa shape index (κ3) is 1.55. The highest BCUT2D eigenvalue weighted by molar-refractivity contribution is 5.87. The number of benzene rings is 1. The number of rotatable bonds is 2. The van der Waals surface area contributed by atoms with Crippen LogP contribution in [0.4, 0.5) is 0 Å². The molecule has 1 atom stereocenters. The van der Waals surface area contributed by atoms with Crippen LogP contribution in [0.15, 0.2) is 18.3 Å². The van der Waals surface area contributed by atoms with E-state index in [0.717, 1.165) is 0 Å². The molecule has 0 spiro atoms. The van der Waals surface area contributed by atoms with Crippen molar-refractivity contribution >= 4 is 10.9 Å². The summed E-state index contributed by atoms with van der Waals surface area (Å²) in [7, 11) is 0. The topological polar surface area (TPSA) is 41.8 Å². The quantitative estimate of drug-likeness (QED) is 0.772. The fourth-order valence-electron chi connectivity index (χ4n) is 2.00. The molecule has 2 aromatic rings. The SMILES string of the molecule is Cc1ccc2c(C(C)CN)c[nH]c2c1C. The summed E-state index contributed by atoms with van der Waals surface area (Å²) in [5.74, 6) is 0.417. The zero-order valence-corrected chi connectivity index (χ0v) is 9.59. The second-order valence-corrected chi connectivity index (χ2v) is 4.31. The van der Waals surface area contributed by atoms with E-state index < -0.39 is 0 Å². The molecule has 0 fully saturated rings. The molecule has 0 amide bonds. The maximum absolute atomic E-state index is 5.71. The van der Waals surface area contributed by atoms with Gasteiger partial charge in [-0.15, -0.1) is 0 Å². The number of H-pyrrole nitrogens is 1. The largest absolute Gasteiger partial charge is 0.361 e. The summed E-state index contributed by atoms with van der Waals surface area (Å²) in [6, 6.07) is 4.37. The number of aryl methyl sites for hydroxylation is 2. The number of fused-ring (bicyclic) bond motifs is 1. The summed E-state index contributed by atoms with van der Waals surface area (Å²) in [5, 5.41) is 1.32. The Bertz CT molecular complexity index is 482. The standard InChI is InChI=1S/C13H18N2/c1-8-4-5-11-12(9(2)6-14)7-15-13(11)10(8)3/h4-5,7,9,15H,6,14H2,1-3H3. The van der Waals surface area contributed by atoms with Crippen molar-refractivity contribution in [2.24, 2.45) is 5.73 Å². The van der Waals surface area contributed by atoms with Gasteiger partial charge >= 0.3 is 0 Å². The molecule has 0 radical (unpaired) electrons. The van der Waals surface area contributed by atoms with Gasteiger partial charge in [0, 0.05) is 17.1 Å². The van der Waals surface area contributed by atoms with Gasteiger partial charge in [-0.2, -0.15) is 0 Å². The molecular formula is C13H18N2. The molecule has 2 rings (SSSR count). The molecule has 80 valence electrons. The Hall–Kier alpha value is -1.28. The van der Waals surface area contributed by atoms with Gasteiger partial charge in [0.1, 0.15) is 0 Å². The van der Waals surface area contributed by atoms with E-state index in [1.165, 1.54) is 27.6 Å². The van der Waals surface area contributed by atoms with Crippen molar-refractivity contribution < 1.29 is 0 Å². The van der Waals surface area contributed by atoms with Gasteiger partial charge in [0.2, 0.25) is 0 Å². The Kier molecular flexibility index (Phi) is 2.53. The molecule has 1 unspecified atom stereocenters. The van der Waals surface area contributed by atoms with E-state index in [2.05, 4.69) is 44.1 Å². The Morgan fingerprint density at radius 1 is 1.33 bits per heavy atom. The van der Waals surface area contributed by atoms with Gasteiger partial charge in [0.25, 0.3) is 0 Å². The second kappa shape index (κ2) is 3.70. The molecule has 1 heterocycles. The van der Waals surface area contributed by atoms with E-state index >= 15 is 0 Å². The minimum Gasteiger partial charge on any atom is -0.361 e. The van der Waals surface area contributed by atoms with Crippen molar-refractivity contribution in [1.29, 1.82) is 0 Å². The zero-order valence-electron chi connectivity index (χ0n) is 9.59. The van der Waals surface area contributed by atoms with Crippen molar-refractivity contribution in [3.8, 4) is 0 Å². The van der Waals surface area contributed by atoms with Crippen molar-refractivity contribution in [3.63, 3.8) is 0 Å². The van der Waals surface area contributed by atoms with Crippen molar-refractivity contribution in [2.45, 2.75) is 26.7 Å². The van der Waals surface area contributed by atoms with Crippen LogP contribution in [0, 0.1) is 13.8 Å². The van der Waals surface area contributed by atoms with E-state index in [0.29, 0.717) is 12.5 Å². The molecule has 0 aliphatic rings. The molecule has 0 saturated heterocycles. The van der Waals surface area contributed by atoms with E-state index in [1.807, 2.05) is 0 Å². The summed E-state index contributed by atoms with van der Waals surface area (Å²) in [5.41, 5.74) is 11.0. The zero-order chi connectivity index (χ0) is 11.0. The maximum Gasteiger partial charge on any atom is 0.0489 e. The summed E-state index contributed by atoms with van der Waals surface area (Å²) in [6.07, 6.45) is 2.09. The van der Waals surface area contributed by atoms with Gasteiger partial charge in [-0.25, -0.2) is 0 Å². The van der Waals surface area contributed by atoms with E-state index in [4.69, 9.17) is 5.73 Å². The van der Waals surface area contributed by atoms with Crippen LogP contribution in [0.1, 0.15) is 29.5 Å². The molecule has 2 nitrogen and oxygen atoms in total.